The minimum atomic E-state index is -0.456. The summed E-state index contributed by atoms with van der Waals surface area (Å²) < 4.78 is 0. The monoisotopic (exact) mass is 356 g/mol. The molecule has 0 fully saturated rings. The van der Waals surface area contributed by atoms with Crippen LogP contribution in [-0.4, -0.2) is 22.7 Å². The molecule has 0 saturated heterocycles. The third-order valence-corrected chi connectivity index (χ3v) is 3.89. The van der Waals surface area contributed by atoms with Gasteiger partial charge in [-0.2, -0.15) is 0 Å². The maximum atomic E-state index is 12.2. The predicted octanol–water partition coefficient (Wildman–Crippen LogP) is 3.83. The second-order valence-corrected chi connectivity index (χ2v) is 5.89. The molecular weight excluding hydrogens is 336 g/mol. The van der Waals surface area contributed by atoms with E-state index >= 15 is 0 Å². The summed E-state index contributed by atoms with van der Waals surface area (Å²) in [6.07, 6.45) is 3.18. The number of carbonyl (C=O) groups excluding carboxylic acids is 1. The normalized spacial score (nSPS) is 12.0. The van der Waals surface area contributed by atoms with Crippen molar-refractivity contribution in [2.24, 2.45) is 5.92 Å². The Morgan fingerprint density at radius 2 is 2.14 bits per heavy atom. The van der Waals surface area contributed by atoms with E-state index < -0.39 is 4.92 Å². The summed E-state index contributed by atoms with van der Waals surface area (Å²) in [4.78, 5) is 22.4. The Balaban J connectivity index is 2.69. The molecule has 5 nitrogen and oxygen atoms in total. The average molecular weight is 357 g/mol. The van der Waals surface area contributed by atoms with Gasteiger partial charge in [-0.15, -0.1) is 0 Å². The highest BCUT2D eigenvalue weighted by atomic mass is 79.9. The van der Waals surface area contributed by atoms with Crippen molar-refractivity contribution < 1.29 is 9.72 Å². The lowest BCUT2D eigenvalue weighted by molar-refractivity contribution is -0.384. The lowest BCUT2D eigenvalue weighted by Gasteiger charge is -2.16. The number of amides is 1. The number of nitrogens with one attached hydrogen (secondary N) is 1. The Morgan fingerprint density at radius 1 is 1.43 bits per heavy atom. The van der Waals surface area contributed by atoms with E-state index in [-0.39, 0.29) is 11.6 Å². The Hall–Kier alpha value is -1.43. The van der Waals surface area contributed by atoms with Crippen LogP contribution in [0.1, 0.15) is 42.1 Å². The number of alkyl halides is 1. The summed E-state index contributed by atoms with van der Waals surface area (Å²) in [5.74, 6) is 0.287. The fourth-order valence-electron chi connectivity index (χ4n) is 2.26. The largest absolute Gasteiger partial charge is 0.352 e. The zero-order valence-corrected chi connectivity index (χ0v) is 14.0. The van der Waals surface area contributed by atoms with E-state index in [0.717, 1.165) is 24.6 Å². The van der Waals surface area contributed by atoms with Gasteiger partial charge in [0.2, 0.25) is 0 Å². The summed E-state index contributed by atoms with van der Waals surface area (Å²) in [7, 11) is 0. The van der Waals surface area contributed by atoms with Gasteiger partial charge in [-0.1, -0.05) is 29.3 Å². The number of benzene rings is 1. The molecule has 1 amide bonds. The number of nitrogens with zero attached hydrogens (tertiary/aromatic N) is 1. The molecule has 1 N–H and O–H groups in total. The molecule has 0 aliphatic carbocycles. The van der Waals surface area contributed by atoms with Gasteiger partial charge >= 0.3 is 0 Å². The zero-order valence-electron chi connectivity index (χ0n) is 12.4. The van der Waals surface area contributed by atoms with Crippen LogP contribution in [0, 0.1) is 23.0 Å². The highest BCUT2D eigenvalue weighted by Gasteiger charge is 2.15. The van der Waals surface area contributed by atoms with E-state index in [1.165, 1.54) is 18.2 Å². The van der Waals surface area contributed by atoms with Gasteiger partial charge in [0.25, 0.3) is 11.6 Å². The van der Waals surface area contributed by atoms with E-state index in [4.69, 9.17) is 0 Å². The highest BCUT2D eigenvalue weighted by molar-refractivity contribution is 9.09. The van der Waals surface area contributed by atoms with Crippen molar-refractivity contribution in [1.29, 1.82) is 0 Å². The molecule has 1 aromatic carbocycles. The second kappa shape index (κ2) is 8.77. The molecule has 0 aliphatic rings. The standard InChI is InChI=1S/C15H21BrN2O3/c1-3-4-12(7-8-16)10-17-15(19)14-6-5-13(18(20)21)9-11(14)2/h5-6,9,12H,3-4,7-8,10H2,1-2H3,(H,17,19). The average Bonchev–Trinajstić information content (AvgIpc) is 2.44. The van der Waals surface area contributed by atoms with Gasteiger partial charge in [-0.05, 0) is 37.3 Å². The number of non-ortho nitro benzene ring substituents is 1. The maximum Gasteiger partial charge on any atom is 0.269 e. The summed E-state index contributed by atoms with van der Waals surface area (Å²) in [6, 6.07) is 4.31. The summed E-state index contributed by atoms with van der Waals surface area (Å²) in [5, 5.41) is 14.5. The quantitative estimate of drug-likeness (QED) is 0.437. The molecule has 0 aliphatic heterocycles. The topological polar surface area (TPSA) is 72.2 Å². The van der Waals surface area contributed by atoms with Gasteiger partial charge in [-0.3, -0.25) is 14.9 Å². The number of hydrogen-bond acceptors (Lipinski definition) is 3. The van der Waals surface area contributed by atoms with Crippen molar-refractivity contribution >= 4 is 27.5 Å². The lowest BCUT2D eigenvalue weighted by Crippen LogP contribution is -2.30. The van der Waals surface area contributed by atoms with Crippen LogP contribution in [-0.2, 0) is 0 Å². The minimum Gasteiger partial charge on any atom is -0.352 e. The molecule has 0 heterocycles. The molecule has 1 rings (SSSR count). The molecule has 0 saturated carbocycles. The van der Waals surface area contributed by atoms with Gasteiger partial charge < -0.3 is 5.32 Å². The molecule has 0 spiro atoms. The summed E-state index contributed by atoms with van der Waals surface area (Å²) in [6.45, 7) is 4.47. The number of halogens is 1. The van der Waals surface area contributed by atoms with Gasteiger partial charge in [-0.25, -0.2) is 0 Å². The van der Waals surface area contributed by atoms with Crippen LogP contribution in [0.3, 0.4) is 0 Å². The predicted molar refractivity (Wildman–Crippen MR) is 87.0 cm³/mol. The molecule has 1 atom stereocenters. The molecule has 1 unspecified atom stereocenters. The van der Waals surface area contributed by atoms with Crippen LogP contribution in [0.5, 0.6) is 0 Å². The van der Waals surface area contributed by atoms with Crippen molar-refractivity contribution in [2.75, 3.05) is 11.9 Å². The van der Waals surface area contributed by atoms with Crippen molar-refractivity contribution in [3.63, 3.8) is 0 Å². The first-order valence-electron chi connectivity index (χ1n) is 7.08. The van der Waals surface area contributed by atoms with Crippen LogP contribution in [0.15, 0.2) is 18.2 Å². The van der Waals surface area contributed by atoms with Crippen LogP contribution >= 0.6 is 15.9 Å². The van der Waals surface area contributed by atoms with Crippen molar-refractivity contribution in [3.05, 3.63) is 39.4 Å². The number of rotatable bonds is 8. The van der Waals surface area contributed by atoms with Gasteiger partial charge in [0.15, 0.2) is 0 Å². The minimum absolute atomic E-state index is 0.00667. The Kier molecular flexibility index (Phi) is 7.36. The first kappa shape index (κ1) is 17.6. The molecule has 0 aromatic heterocycles. The zero-order chi connectivity index (χ0) is 15.8. The van der Waals surface area contributed by atoms with Crippen LogP contribution in [0.25, 0.3) is 0 Å². The van der Waals surface area contributed by atoms with Gasteiger partial charge in [0, 0.05) is 29.6 Å². The third-order valence-electron chi connectivity index (χ3n) is 3.43. The van der Waals surface area contributed by atoms with Crippen molar-refractivity contribution in [2.45, 2.75) is 33.1 Å². The van der Waals surface area contributed by atoms with Gasteiger partial charge in [0.05, 0.1) is 4.92 Å². The number of hydrogen-bond donors (Lipinski definition) is 1. The first-order valence-corrected chi connectivity index (χ1v) is 8.21. The molecule has 6 heteroatoms. The van der Waals surface area contributed by atoms with Gasteiger partial charge in [0.1, 0.15) is 0 Å². The molecule has 1 aromatic rings. The maximum absolute atomic E-state index is 12.2. The molecular formula is C15H21BrN2O3. The van der Waals surface area contributed by atoms with E-state index in [0.29, 0.717) is 23.6 Å². The first-order chi connectivity index (χ1) is 9.99. The Morgan fingerprint density at radius 3 is 2.67 bits per heavy atom. The van der Waals surface area contributed by atoms with Crippen LogP contribution in [0.2, 0.25) is 0 Å². The molecule has 0 radical (unpaired) electrons. The summed E-state index contributed by atoms with van der Waals surface area (Å²) >= 11 is 3.43. The van der Waals surface area contributed by atoms with Crippen LogP contribution in [0.4, 0.5) is 5.69 Å². The van der Waals surface area contributed by atoms with Crippen LogP contribution < -0.4 is 5.32 Å². The smallest absolute Gasteiger partial charge is 0.269 e. The highest BCUT2D eigenvalue weighted by Crippen LogP contribution is 2.17. The fraction of sp³-hybridized carbons (Fsp3) is 0.533. The molecule has 0 bridgehead atoms. The molecule has 116 valence electrons. The third kappa shape index (κ3) is 5.46. The van der Waals surface area contributed by atoms with E-state index in [9.17, 15) is 14.9 Å². The number of nitro groups is 1. The molecule has 21 heavy (non-hydrogen) atoms. The van der Waals surface area contributed by atoms with Crippen molar-refractivity contribution in [3.8, 4) is 0 Å². The number of aryl methyl sites for hydroxylation is 1. The van der Waals surface area contributed by atoms with Crippen molar-refractivity contribution in [1.82, 2.24) is 5.32 Å². The van der Waals surface area contributed by atoms with E-state index in [1.54, 1.807) is 6.92 Å². The Bertz CT molecular complexity index is 500. The Labute approximate surface area is 133 Å². The number of carbonyl (C=O) groups is 1. The lowest BCUT2D eigenvalue weighted by atomic mass is 10.0. The number of nitro benzene ring substituents is 1. The van der Waals surface area contributed by atoms with E-state index in [2.05, 4.69) is 28.2 Å². The SMILES string of the molecule is CCCC(CCBr)CNC(=O)c1ccc([N+](=O)[O-])cc1C. The second-order valence-electron chi connectivity index (χ2n) is 5.10. The van der Waals surface area contributed by atoms with E-state index in [1.807, 2.05) is 0 Å². The fourth-order valence-corrected chi connectivity index (χ4v) is 2.91. The summed E-state index contributed by atoms with van der Waals surface area (Å²) in [5.41, 5.74) is 1.12.